The highest BCUT2D eigenvalue weighted by molar-refractivity contribution is 5.78. The zero-order chi connectivity index (χ0) is 17.8. The van der Waals surface area contributed by atoms with E-state index in [0.717, 1.165) is 38.3 Å². The fraction of sp³-hybridized carbons (Fsp3) is 0.650. The third kappa shape index (κ3) is 4.66. The number of amides is 1. The summed E-state index contributed by atoms with van der Waals surface area (Å²) >= 11 is 0. The Morgan fingerprint density at radius 2 is 1.80 bits per heavy atom. The van der Waals surface area contributed by atoms with E-state index in [9.17, 15) is 9.90 Å². The molecule has 1 aliphatic carbocycles. The summed E-state index contributed by atoms with van der Waals surface area (Å²) in [5, 5.41) is 12.7. The molecule has 0 bridgehead atoms. The van der Waals surface area contributed by atoms with E-state index in [1.165, 1.54) is 12.8 Å². The van der Waals surface area contributed by atoms with Crippen molar-refractivity contribution in [1.29, 1.82) is 0 Å². The van der Waals surface area contributed by atoms with Gasteiger partial charge in [0.15, 0.2) is 0 Å². The Hall–Kier alpha value is -1.75. The third-order valence-corrected chi connectivity index (χ3v) is 6.01. The van der Waals surface area contributed by atoms with Crippen LogP contribution in [0.25, 0.3) is 0 Å². The zero-order valence-electron chi connectivity index (χ0n) is 15.4. The average Bonchev–Trinajstić information content (AvgIpc) is 2.60. The van der Waals surface area contributed by atoms with E-state index < -0.39 is 0 Å². The lowest BCUT2D eigenvalue weighted by Gasteiger charge is -2.37. The maximum Gasteiger partial charge on any atom is 0.234 e. The van der Waals surface area contributed by atoms with Crippen molar-refractivity contribution in [3.05, 3.63) is 24.3 Å². The number of anilines is 1. The SMILES string of the molecule is C[C@@H]1[C@H](C)CCC[C@@H]1NC(=O)CN1CCN(c2ccc(O)cc2)CC1. The number of nitrogens with one attached hydrogen (secondary N) is 1. The Bertz CT molecular complexity index is 567. The highest BCUT2D eigenvalue weighted by Gasteiger charge is 2.28. The first kappa shape index (κ1) is 18.1. The van der Waals surface area contributed by atoms with Gasteiger partial charge >= 0.3 is 0 Å². The molecule has 1 saturated heterocycles. The van der Waals surface area contributed by atoms with Gasteiger partial charge in [0, 0.05) is 37.9 Å². The molecule has 3 atom stereocenters. The van der Waals surface area contributed by atoms with Crippen LogP contribution < -0.4 is 10.2 Å². The molecule has 1 aromatic carbocycles. The average molecular weight is 345 g/mol. The largest absolute Gasteiger partial charge is 0.508 e. The summed E-state index contributed by atoms with van der Waals surface area (Å²) in [6.45, 7) is 8.68. The van der Waals surface area contributed by atoms with Gasteiger partial charge in [-0.3, -0.25) is 9.69 Å². The van der Waals surface area contributed by atoms with Gasteiger partial charge in [0.1, 0.15) is 5.75 Å². The molecule has 1 aliphatic heterocycles. The fourth-order valence-electron chi connectivity index (χ4n) is 4.07. The number of nitrogens with zero attached hydrogens (tertiary/aromatic N) is 2. The third-order valence-electron chi connectivity index (χ3n) is 6.01. The molecular formula is C20H31N3O2. The predicted molar refractivity (Wildman–Crippen MR) is 101 cm³/mol. The maximum absolute atomic E-state index is 12.4. The molecule has 25 heavy (non-hydrogen) atoms. The quantitative estimate of drug-likeness (QED) is 0.880. The molecule has 138 valence electrons. The van der Waals surface area contributed by atoms with Crippen LogP contribution >= 0.6 is 0 Å². The molecule has 2 fully saturated rings. The van der Waals surface area contributed by atoms with E-state index in [1.807, 2.05) is 12.1 Å². The first-order valence-electron chi connectivity index (χ1n) is 9.58. The lowest BCUT2D eigenvalue weighted by molar-refractivity contribution is -0.123. The molecule has 1 amide bonds. The van der Waals surface area contributed by atoms with Crippen LogP contribution in [-0.2, 0) is 4.79 Å². The second kappa shape index (κ2) is 8.09. The smallest absolute Gasteiger partial charge is 0.234 e. The van der Waals surface area contributed by atoms with Crippen LogP contribution in [0.4, 0.5) is 5.69 Å². The summed E-state index contributed by atoms with van der Waals surface area (Å²) in [7, 11) is 0. The number of piperazine rings is 1. The monoisotopic (exact) mass is 345 g/mol. The predicted octanol–water partition coefficient (Wildman–Crippen LogP) is 2.46. The molecule has 5 nitrogen and oxygen atoms in total. The highest BCUT2D eigenvalue weighted by Crippen LogP contribution is 2.29. The van der Waals surface area contributed by atoms with Gasteiger partial charge in [-0.1, -0.05) is 26.7 Å². The number of hydrogen-bond acceptors (Lipinski definition) is 4. The second-order valence-electron chi connectivity index (χ2n) is 7.72. The molecule has 2 N–H and O–H groups in total. The van der Waals surface area contributed by atoms with E-state index in [0.29, 0.717) is 30.2 Å². The number of benzene rings is 1. The van der Waals surface area contributed by atoms with Crippen molar-refractivity contribution in [3.63, 3.8) is 0 Å². The Morgan fingerprint density at radius 1 is 1.12 bits per heavy atom. The van der Waals surface area contributed by atoms with Gasteiger partial charge in [0.25, 0.3) is 0 Å². The number of carbonyl (C=O) groups is 1. The number of aromatic hydroxyl groups is 1. The van der Waals surface area contributed by atoms with Crippen molar-refractivity contribution >= 4 is 11.6 Å². The number of phenolic OH excluding ortho intramolecular Hbond substituents is 1. The first-order valence-corrected chi connectivity index (χ1v) is 9.58. The van der Waals surface area contributed by atoms with Crippen LogP contribution in [0.15, 0.2) is 24.3 Å². The van der Waals surface area contributed by atoms with Gasteiger partial charge in [-0.05, 0) is 42.5 Å². The number of rotatable bonds is 4. The topological polar surface area (TPSA) is 55.8 Å². The van der Waals surface area contributed by atoms with E-state index in [2.05, 4.69) is 29.0 Å². The first-order chi connectivity index (χ1) is 12.0. The lowest BCUT2D eigenvalue weighted by atomic mass is 9.78. The van der Waals surface area contributed by atoms with Crippen LogP contribution in [0.3, 0.4) is 0 Å². The molecule has 3 rings (SSSR count). The van der Waals surface area contributed by atoms with Crippen molar-refractivity contribution < 1.29 is 9.90 Å². The molecule has 5 heteroatoms. The highest BCUT2D eigenvalue weighted by atomic mass is 16.3. The zero-order valence-corrected chi connectivity index (χ0v) is 15.4. The Balaban J connectivity index is 1.44. The lowest BCUT2D eigenvalue weighted by Crippen LogP contribution is -2.52. The Kier molecular flexibility index (Phi) is 5.84. The minimum Gasteiger partial charge on any atom is -0.508 e. The number of hydrogen-bond donors (Lipinski definition) is 2. The van der Waals surface area contributed by atoms with Crippen molar-refractivity contribution in [2.75, 3.05) is 37.6 Å². The summed E-state index contributed by atoms with van der Waals surface area (Å²) in [5.41, 5.74) is 1.13. The standard InChI is InChI=1S/C20H31N3O2/c1-15-4-3-5-19(16(15)2)21-20(25)14-22-10-12-23(13-11-22)17-6-8-18(24)9-7-17/h6-9,15-16,19,24H,3-5,10-14H2,1-2H3,(H,21,25)/t15-,16-,19+/m1/s1. The normalized spacial score (nSPS) is 27.9. The van der Waals surface area contributed by atoms with Gasteiger partial charge in [0.05, 0.1) is 6.54 Å². The summed E-state index contributed by atoms with van der Waals surface area (Å²) in [6, 6.07) is 7.69. The Labute approximate surface area is 151 Å². The molecule has 0 spiro atoms. The second-order valence-corrected chi connectivity index (χ2v) is 7.72. The molecule has 1 aromatic rings. The van der Waals surface area contributed by atoms with Crippen LogP contribution in [-0.4, -0.2) is 54.7 Å². The summed E-state index contributed by atoms with van der Waals surface area (Å²) < 4.78 is 0. The summed E-state index contributed by atoms with van der Waals surface area (Å²) in [4.78, 5) is 17.0. The van der Waals surface area contributed by atoms with Gasteiger partial charge in [-0.15, -0.1) is 0 Å². The van der Waals surface area contributed by atoms with Crippen molar-refractivity contribution in [2.45, 2.75) is 39.2 Å². The molecule has 1 heterocycles. The van der Waals surface area contributed by atoms with Gasteiger partial charge in [0.2, 0.25) is 5.91 Å². The summed E-state index contributed by atoms with van der Waals surface area (Å²) in [6.07, 6.45) is 3.63. The van der Waals surface area contributed by atoms with Crippen LogP contribution in [0.5, 0.6) is 5.75 Å². The minimum atomic E-state index is 0.170. The Morgan fingerprint density at radius 3 is 2.48 bits per heavy atom. The van der Waals surface area contributed by atoms with Crippen LogP contribution in [0.1, 0.15) is 33.1 Å². The van der Waals surface area contributed by atoms with Crippen molar-refractivity contribution in [3.8, 4) is 5.75 Å². The molecule has 2 aliphatic rings. The van der Waals surface area contributed by atoms with E-state index >= 15 is 0 Å². The molecular weight excluding hydrogens is 314 g/mol. The van der Waals surface area contributed by atoms with Gasteiger partial charge < -0.3 is 15.3 Å². The van der Waals surface area contributed by atoms with Crippen LogP contribution in [0.2, 0.25) is 0 Å². The maximum atomic E-state index is 12.4. The van der Waals surface area contributed by atoms with Crippen LogP contribution in [0, 0.1) is 11.8 Å². The minimum absolute atomic E-state index is 0.170. The van der Waals surface area contributed by atoms with Crippen molar-refractivity contribution in [2.24, 2.45) is 11.8 Å². The fourth-order valence-corrected chi connectivity index (χ4v) is 4.07. The van der Waals surface area contributed by atoms with Gasteiger partial charge in [-0.25, -0.2) is 0 Å². The van der Waals surface area contributed by atoms with E-state index in [-0.39, 0.29) is 5.91 Å². The van der Waals surface area contributed by atoms with Gasteiger partial charge in [-0.2, -0.15) is 0 Å². The van der Waals surface area contributed by atoms with E-state index in [1.54, 1.807) is 12.1 Å². The van der Waals surface area contributed by atoms with Crippen molar-refractivity contribution in [1.82, 2.24) is 10.2 Å². The van der Waals surface area contributed by atoms with E-state index in [4.69, 9.17) is 0 Å². The number of carbonyl (C=O) groups excluding carboxylic acids is 1. The number of phenols is 1. The molecule has 0 unspecified atom stereocenters. The summed E-state index contributed by atoms with van der Waals surface area (Å²) in [5.74, 6) is 1.74. The molecule has 0 aromatic heterocycles. The molecule has 1 saturated carbocycles. The molecule has 0 radical (unpaired) electrons.